The number of rotatable bonds is 19. The van der Waals surface area contributed by atoms with Crippen LogP contribution in [0.25, 0.3) is 0 Å². The smallest absolute Gasteiger partial charge is 0.862 e. The maximum atomic E-state index is 11.5. The second-order valence-corrected chi connectivity index (χ2v) is 8.29. The van der Waals surface area contributed by atoms with Gasteiger partial charge in [0.25, 0.3) is 7.82 Å². The summed E-state index contributed by atoms with van der Waals surface area (Å²) in [5.74, 6) is 0.775. The van der Waals surface area contributed by atoms with Gasteiger partial charge in [0.05, 0.1) is 13.2 Å². The number of phosphoric acid groups is 1. The molecule has 0 aliphatic heterocycles. The van der Waals surface area contributed by atoms with E-state index in [2.05, 4.69) is 22.1 Å². The SMILES string of the molecule is O=P([O-])(O)OCCN=C([O-])CCCCCCCCCCCCCCCS.[Na+].[Na+]. The van der Waals surface area contributed by atoms with Crippen LogP contribution in [0, 0.1) is 0 Å². The van der Waals surface area contributed by atoms with Gasteiger partial charge >= 0.3 is 59.1 Å². The maximum absolute atomic E-state index is 11.5. The zero-order valence-corrected chi connectivity index (χ0v) is 23.7. The van der Waals surface area contributed by atoms with E-state index in [0.29, 0.717) is 6.42 Å². The Balaban J connectivity index is -0.00000312. The Labute approximate surface area is 221 Å². The number of hydrogen-bond acceptors (Lipinski definition) is 6. The normalized spacial score (nSPS) is 13.5. The zero-order valence-electron chi connectivity index (χ0n) is 17.9. The fraction of sp³-hybridized carbons (Fsp3) is 0.944. The number of unbranched alkanes of at least 4 members (excludes halogenated alkanes) is 12. The molecule has 156 valence electrons. The van der Waals surface area contributed by atoms with Crippen molar-refractivity contribution in [1.29, 1.82) is 0 Å². The second kappa shape index (κ2) is 25.2. The van der Waals surface area contributed by atoms with E-state index < -0.39 is 7.82 Å². The minimum Gasteiger partial charge on any atom is -0.862 e. The predicted octanol–water partition coefficient (Wildman–Crippen LogP) is -2.38. The Bertz CT molecular complexity index is 400. The third-order valence-corrected chi connectivity index (χ3v) is 5.01. The average Bonchev–Trinajstić information content (AvgIpc) is 2.58. The van der Waals surface area contributed by atoms with Gasteiger partial charge in [0, 0.05) is 0 Å². The molecule has 0 fully saturated rings. The summed E-state index contributed by atoms with van der Waals surface area (Å²) >= 11 is 4.22. The Morgan fingerprint density at radius 3 is 1.64 bits per heavy atom. The fourth-order valence-corrected chi connectivity index (χ4v) is 3.27. The van der Waals surface area contributed by atoms with Crippen LogP contribution in [-0.2, 0) is 9.09 Å². The van der Waals surface area contributed by atoms with Gasteiger partial charge in [0.15, 0.2) is 0 Å². The second-order valence-electron chi connectivity index (χ2n) is 6.65. The third kappa shape index (κ3) is 30.1. The third-order valence-electron chi connectivity index (χ3n) is 4.18. The molecule has 0 saturated carbocycles. The van der Waals surface area contributed by atoms with E-state index in [1.165, 1.54) is 64.2 Å². The average molecular weight is 456 g/mol. The van der Waals surface area contributed by atoms with Crippen molar-refractivity contribution in [3.63, 3.8) is 0 Å². The molecule has 0 heterocycles. The molecule has 28 heavy (non-hydrogen) atoms. The Kier molecular flexibility index (Phi) is 31.1. The molecule has 6 nitrogen and oxygen atoms in total. The molecule has 0 spiro atoms. The van der Waals surface area contributed by atoms with Crippen LogP contribution in [0.15, 0.2) is 4.99 Å². The van der Waals surface area contributed by atoms with Crippen LogP contribution in [0.2, 0.25) is 0 Å². The number of thiol groups is 1. The van der Waals surface area contributed by atoms with Crippen molar-refractivity contribution in [3.8, 4) is 0 Å². The van der Waals surface area contributed by atoms with Gasteiger partial charge in [0.2, 0.25) is 0 Å². The van der Waals surface area contributed by atoms with E-state index in [-0.39, 0.29) is 78.2 Å². The van der Waals surface area contributed by atoms with Crippen LogP contribution in [-0.4, -0.2) is 29.7 Å². The van der Waals surface area contributed by atoms with E-state index in [1.807, 2.05) is 0 Å². The summed E-state index contributed by atoms with van der Waals surface area (Å²) in [6.45, 7) is -0.334. The van der Waals surface area contributed by atoms with Crippen LogP contribution in [0.3, 0.4) is 0 Å². The molecular weight excluding hydrogens is 419 g/mol. The Morgan fingerprint density at radius 1 is 0.857 bits per heavy atom. The number of hydrogen-bond donors (Lipinski definition) is 2. The van der Waals surface area contributed by atoms with Crippen molar-refractivity contribution < 1.29 is 83.1 Å². The fourth-order valence-electron chi connectivity index (χ4n) is 2.74. The van der Waals surface area contributed by atoms with Crippen molar-refractivity contribution in [2.45, 2.75) is 89.9 Å². The molecule has 0 rings (SSSR count). The van der Waals surface area contributed by atoms with Gasteiger partial charge < -0.3 is 24.4 Å². The van der Waals surface area contributed by atoms with E-state index in [4.69, 9.17) is 4.89 Å². The summed E-state index contributed by atoms with van der Waals surface area (Å²) in [5, 5.41) is 11.5. The molecular formula is C18H36NNa2O5PS. The molecule has 1 N–H and O–H groups in total. The summed E-state index contributed by atoms with van der Waals surface area (Å²) in [6, 6.07) is 0. The van der Waals surface area contributed by atoms with Gasteiger partial charge in [-0.15, -0.1) is 0 Å². The summed E-state index contributed by atoms with van der Waals surface area (Å²) in [7, 11) is -4.70. The van der Waals surface area contributed by atoms with Crippen molar-refractivity contribution in [3.05, 3.63) is 0 Å². The first-order chi connectivity index (χ1) is 12.5. The van der Waals surface area contributed by atoms with E-state index in [9.17, 15) is 14.6 Å². The molecule has 0 aromatic rings. The van der Waals surface area contributed by atoms with Crippen molar-refractivity contribution in [2.24, 2.45) is 4.99 Å². The topological polar surface area (TPSA) is 105 Å². The molecule has 0 aliphatic rings. The van der Waals surface area contributed by atoms with E-state index >= 15 is 0 Å². The van der Waals surface area contributed by atoms with Gasteiger partial charge in [-0.3, -0.25) is 4.57 Å². The number of aliphatic imine (C=N–C) groups is 1. The van der Waals surface area contributed by atoms with Crippen molar-refractivity contribution >= 4 is 26.3 Å². The van der Waals surface area contributed by atoms with Crippen LogP contribution in [0.1, 0.15) is 89.9 Å². The van der Waals surface area contributed by atoms with Crippen LogP contribution >= 0.6 is 20.5 Å². The molecule has 0 amide bonds. The van der Waals surface area contributed by atoms with Gasteiger partial charge in [0.1, 0.15) is 0 Å². The maximum Gasteiger partial charge on any atom is 1.00 e. The van der Waals surface area contributed by atoms with Crippen molar-refractivity contribution in [1.82, 2.24) is 0 Å². The molecule has 10 heteroatoms. The summed E-state index contributed by atoms with van der Waals surface area (Å²) < 4.78 is 14.4. The van der Waals surface area contributed by atoms with Crippen LogP contribution in [0.4, 0.5) is 0 Å². The predicted molar refractivity (Wildman–Crippen MR) is 107 cm³/mol. The minimum atomic E-state index is -4.70. The first-order valence-corrected chi connectivity index (χ1v) is 12.1. The van der Waals surface area contributed by atoms with E-state index in [1.54, 1.807) is 0 Å². The van der Waals surface area contributed by atoms with Gasteiger partial charge in [-0.1, -0.05) is 70.6 Å². The standard InChI is InChI=1S/C18H38NO5PS.2Na/c20-18(19-15-16-24-25(21,22)23)14-12-10-8-6-4-2-1-3-5-7-9-11-13-17-26;;/h26H,1-17H2,(H,19,20)(H2,21,22,23);;/q;2*+1/p-2. The van der Waals surface area contributed by atoms with Crippen LogP contribution in [0.5, 0.6) is 0 Å². The van der Waals surface area contributed by atoms with Crippen LogP contribution < -0.4 is 69.1 Å². The molecule has 0 aromatic heterocycles. The molecule has 0 saturated heterocycles. The van der Waals surface area contributed by atoms with Gasteiger partial charge in [-0.25, -0.2) is 0 Å². The summed E-state index contributed by atoms with van der Waals surface area (Å²) in [4.78, 5) is 22.4. The quantitative estimate of drug-likeness (QED) is 0.0566. The Hall–Kier alpha value is 1.93. The molecule has 1 unspecified atom stereocenters. The molecule has 0 aliphatic carbocycles. The number of nitrogens with zero attached hydrogens (tertiary/aromatic N) is 1. The first-order valence-electron chi connectivity index (χ1n) is 9.95. The van der Waals surface area contributed by atoms with Crippen molar-refractivity contribution in [2.75, 3.05) is 18.9 Å². The Morgan fingerprint density at radius 2 is 1.25 bits per heavy atom. The molecule has 0 aromatic carbocycles. The molecule has 0 bridgehead atoms. The molecule has 0 radical (unpaired) electrons. The van der Waals surface area contributed by atoms with E-state index in [0.717, 1.165) is 25.0 Å². The van der Waals surface area contributed by atoms with Gasteiger partial charge in [-0.2, -0.15) is 12.6 Å². The minimum absolute atomic E-state index is 0. The zero-order chi connectivity index (χ0) is 19.5. The largest absolute Gasteiger partial charge is 1.00 e. The number of phosphoric ester groups is 1. The molecule has 1 atom stereocenters. The summed E-state index contributed by atoms with van der Waals surface area (Å²) in [5.41, 5.74) is 0. The van der Waals surface area contributed by atoms with Gasteiger partial charge in [-0.05, 0) is 30.9 Å². The monoisotopic (exact) mass is 455 g/mol. The first kappa shape index (κ1) is 34.5. The summed E-state index contributed by atoms with van der Waals surface area (Å²) in [6.07, 6.45) is 16.5.